The molecule has 1 aromatic heterocycles. The summed E-state index contributed by atoms with van der Waals surface area (Å²) in [5, 5.41) is 4.52. The SMILES string of the molecule is CCC1(CNc2nc(C3CC3)ns2)CCC1. The fraction of sp³-hybridized carbons (Fsp3) is 0.833. The van der Waals surface area contributed by atoms with Crippen molar-refractivity contribution in [1.82, 2.24) is 9.36 Å². The first kappa shape index (κ1) is 10.5. The molecule has 2 fully saturated rings. The lowest BCUT2D eigenvalue weighted by molar-refractivity contribution is 0.145. The number of nitrogens with one attached hydrogen (secondary N) is 1. The average Bonchev–Trinajstić information content (AvgIpc) is 2.98. The van der Waals surface area contributed by atoms with E-state index in [9.17, 15) is 0 Å². The van der Waals surface area contributed by atoms with Gasteiger partial charge in [-0.1, -0.05) is 13.3 Å². The lowest BCUT2D eigenvalue weighted by atomic mass is 9.67. The molecule has 0 unspecified atom stereocenters. The molecule has 88 valence electrons. The van der Waals surface area contributed by atoms with E-state index in [1.54, 1.807) is 0 Å². The van der Waals surface area contributed by atoms with Gasteiger partial charge >= 0.3 is 0 Å². The van der Waals surface area contributed by atoms with Crippen molar-refractivity contribution >= 4 is 16.7 Å². The Balaban J connectivity index is 1.56. The third kappa shape index (κ3) is 1.95. The monoisotopic (exact) mass is 237 g/mol. The Labute approximate surface area is 101 Å². The molecule has 0 aliphatic heterocycles. The van der Waals surface area contributed by atoms with Crippen LogP contribution in [-0.2, 0) is 0 Å². The van der Waals surface area contributed by atoms with Gasteiger partial charge in [0.2, 0.25) is 5.13 Å². The highest BCUT2D eigenvalue weighted by atomic mass is 32.1. The second-order valence-electron chi connectivity index (χ2n) is 5.29. The quantitative estimate of drug-likeness (QED) is 0.852. The highest BCUT2D eigenvalue weighted by Crippen LogP contribution is 2.44. The van der Waals surface area contributed by atoms with Crippen molar-refractivity contribution in [2.24, 2.45) is 5.41 Å². The lowest BCUT2D eigenvalue weighted by Crippen LogP contribution is -2.35. The smallest absolute Gasteiger partial charge is 0.202 e. The highest BCUT2D eigenvalue weighted by Gasteiger charge is 2.35. The van der Waals surface area contributed by atoms with Crippen LogP contribution in [0.2, 0.25) is 0 Å². The number of nitrogens with zero attached hydrogens (tertiary/aromatic N) is 2. The Bertz CT molecular complexity index is 361. The van der Waals surface area contributed by atoms with Gasteiger partial charge in [-0.05, 0) is 37.5 Å². The van der Waals surface area contributed by atoms with Crippen molar-refractivity contribution in [3.63, 3.8) is 0 Å². The molecular formula is C12H19N3S. The van der Waals surface area contributed by atoms with E-state index in [4.69, 9.17) is 0 Å². The number of rotatable bonds is 5. The normalized spacial score (nSPS) is 22.8. The van der Waals surface area contributed by atoms with Gasteiger partial charge in [0.25, 0.3) is 0 Å². The van der Waals surface area contributed by atoms with Crippen molar-refractivity contribution in [2.45, 2.75) is 51.4 Å². The van der Waals surface area contributed by atoms with Crippen LogP contribution in [0.3, 0.4) is 0 Å². The average molecular weight is 237 g/mol. The van der Waals surface area contributed by atoms with Crippen LogP contribution in [0, 0.1) is 5.41 Å². The van der Waals surface area contributed by atoms with E-state index in [0.29, 0.717) is 11.3 Å². The lowest BCUT2D eigenvalue weighted by Gasteiger charge is -2.41. The maximum Gasteiger partial charge on any atom is 0.202 e. The van der Waals surface area contributed by atoms with Gasteiger partial charge in [0.15, 0.2) is 0 Å². The van der Waals surface area contributed by atoms with Gasteiger partial charge in [0.05, 0.1) is 0 Å². The zero-order chi connectivity index (χ0) is 11.0. The van der Waals surface area contributed by atoms with Gasteiger partial charge in [-0.25, -0.2) is 4.98 Å². The third-order valence-corrected chi connectivity index (χ3v) is 4.85. The van der Waals surface area contributed by atoms with E-state index in [0.717, 1.165) is 17.5 Å². The second kappa shape index (κ2) is 3.99. The molecule has 0 atom stereocenters. The van der Waals surface area contributed by atoms with Crippen LogP contribution in [0.1, 0.15) is 57.2 Å². The summed E-state index contributed by atoms with van der Waals surface area (Å²) < 4.78 is 4.42. The molecule has 0 spiro atoms. The molecule has 0 aromatic carbocycles. The predicted octanol–water partition coefficient (Wildman–Crippen LogP) is 3.41. The molecule has 0 radical (unpaired) electrons. The fourth-order valence-electron chi connectivity index (χ4n) is 2.41. The van der Waals surface area contributed by atoms with Crippen LogP contribution < -0.4 is 5.32 Å². The molecule has 4 heteroatoms. The molecular weight excluding hydrogens is 218 g/mol. The molecule has 1 heterocycles. The van der Waals surface area contributed by atoms with Crippen molar-refractivity contribution in [1.29, 1.82) is 0 Å². The molecule has 0 amide bonds. The number of aromatic nitrogens is 2. The van der Waals surface area contributed by atoms with Gasteiger partial charge in [-0.15, -0.1) is 0 Å². The minimum atomic E-state index is 0.561. The summed E-state index contributed by atoms with van der Waals surface area (Å²) in [7, 11) is 0. The molecule has 2 saturated carbocycles. The van der Waals surface area contributed by atoms with E-state index < -0.39 is 0 Å². The minimum absolute atomic E-state index is 0.561. The molecule has 2 aliphatic rings. The molecule has 16 heavy (non-hydrogen) atoms. The predicted molar refractivity (Wildman–Crippen MR) is 66.9 cm³/mol. The Hall–Kier alpha value is -0.640. The zero-order valence-electron chi connectivity index (χ0n) is 9.83. The van der Waals surface area contributed by atoms with E-state index in [2.05, 4.69) is 21.6 Å². The van der Waals surface area contributed by atoms with Crippen LogP contribution in [0.25, 0.3) is 0 Å². The Morgan fingerprint density at radius 1 is 1.44 bits per heavy atom. The van der Waals surface area contributed by atoms with E-state index in [-0.39, 0.29) is 0 Å². The van der Waals surface area contributed by atoms with Crippen LogP contribution in [0.4, 0.5) is 5.13 Å². The Morgan fingerprint density at radius 2 is 2.25 bits per heavy atom. The van der Waals surface area contributed by atoms with Gasteiger partial charge in [0, 0.05) is 24.0 Å². The topological polar surface area (TPSA) is 37.8 Å². The van der Waals surface area contributed by atoms with Crippen molar-refractivity contribution < 1.29 is 0 Å². The summed E-state index contributed by atoms with van der Waals surface area (Å²) in [5.41, 5.74) is 0.561. The molecule has 0 saturated heterocycles. The Kier molecular flexibility index (Phi) is 2.62. The largest absolute Gasteiger partial charge is 0.360 e. The number of anilines is 1. The molecule has 3 nitrogen and oxygen atoms in total. The molecule has 1 N–H and O–H groups in total. The van der Waals surface area contributed by atoms with E-state index >= 15 is 0 Å². The molecule has 3 rings (SSSR count). The summed E-state index contributed by atoms with van der Waals surface area (Å²) in [6, 6.07) is 0. The third-order valence-electron chi connectivity index (χ3n) is 4.16. The standard InChI is InChI=1S/C12H19N3S/c1-2-12(6-3-7-12)8-13-11-14-10(15-16-11)9-4-5-9/h9H,2-8H2,1H3,(H,13,14,15). The summed E-state index contributed by atoms with van der Waals surface area (Å²) in [6.45, 7) is 3.39. The first-order valence-corrected chi connectivity index (χ1v) is 7.16. The zero-order valence-corrected chi connectivity index (χ0v) is 10.6. The fourth-order valence-corrected chi connectivity index (χ4v) is 3.05. The summed E-state index contributed by atoms with van der Waals surface area (Å²) in [4.78, 5) is 4.56. The summed E-state index contributed by atoms with van der Waals surface area (Å²) in [6.07, 6.45) is 8.02. The van der Waals surface area contributed by atoms with E-state index in [1.165, 1.54) is 50.1 Å². The minimum Gasteiger partial charge on any atom is -0.360 e. The molecule has 1 aromatic rings. The molecule has 2 aliphatic carbocycles. The van der Waals surface area contributed by atoms with Crippen LogP contribution >= 0.6 is 11.5 Å². The Morgan fingerprint density at radius 3 is 2.81 bits per heavy atom. The van der Waals surface area contributed by atoms with Crippen LogP contribution in [0.5, 0.6) is 0 Å². The van der Waals surface area contributed by atoms with Gasteiger partial charge < -0.3 is 5.32 Å². The van der Waals surface area contributed by atoms with Gasteiger partial charge in [-0.2, -0.15) is 4.37 Å². The molecule has 0 bridgehead atoms. The van der Waals surface area contributed by atoms with Crippen LogP contribution in [0.15, 0.2) is 0 Å². The van der Waals surface area contributed by atoms with Gasteiger partial charge in [-0.3, -0.25) is 0 Å². The first-order valence-electron chi connectivity index (χ1n) is 6.39. The van der Waals surface area contributed by atoms with Gasteiger partial charge in [0.1, 0.15) is 5.82 Å². The van der Waals surface area contributed by atoms with Crippen molar-refractivity contribution in [3.8, 4) is 0 Å². The summed E-state index contributed by atoms with van der Waals surface area (Å²) >= 11 is 1.53. The maximum absolute atomic E-state index is 4.56. The second-order valence-corrected chi connectivity index (χ2v) is 6.04. The first-order chi connectivity index (χ1) is 7.81. The number of hydrogen-bond donors (Lipinski definition) is 1. The van der Waals surface area contributed by atoms with Crippen molar-refractivity contribution in [3.05, 3.63) is 5.82 Å². The summed E-state index contributed by atoms with van der Waals surface area (Å²) in [5.74, 6) is 1.75. The van der Waals surface area contributed by atoms with Crippen molar-refractivity contribution in [2.75, 3.05) is 11.9 Å². The number of hydrogen-bond acceptors (Lipinski definition) is 4. The van der Waals surface area contributed by atoms with Crippen LogP contribution in [-0.4, -0.2) is 15.9 Å². The highest BCUT2D eigenvalue weighted by molar-refractivity contribution is 7.09. The maximum atomic E-state index is 4.56. The van der Waals surface area contributed by atoms with E-state index in [1.807, 2.05) is 0 Å².